The van der Waals surface area contributed by atoms with E-state index in [4.69, 9.17) is 0 Å². The maximum atomic E-state index is 4.65. The highest BCUT2D eigenvalue weighted by atomic mass is 79.9. The summed E-state index contributed by atoms with van der Waals surface area (Å²) in [7, 11) is 1.93. The molecule has 0 atom stereocenters. The SMILES string of the molecule is CNCc1nc(-c2ccc(C(C)C)cc2)sc1Br. The van der Waals surface area contributed by atoms with Crippen molar-refractivity contribution in [2.24, 2.45) is 0 Å². The van der Waals surface area contributed by atoms with Crippen LogP contribution in [0.25, 0.3) is 10.6 Å². The van der Waals surface area contributed by atoms with Crippen molar-refractivity contribution in [2.45, 2.75) is 26.3 Å². The van der Waals surface area contributed by atoms with Crippen LogP contribution < -0.4 is 5.32 Å². The number of nitrogens with zero attached hydrogens (tertiary/aromatic N) is 1. The number of rotatable bonds is 4. The molecule has 0 aliphatic heterocycles. The Morgan fingerprint density at radius 2 is 1.94 bits per heavy atom. The van der Waals surface area contributed by atoms with Crippen LogP contribution in [0.1, 0.15) is 31.0 Å². The monoisotopic (exact) mass is 324 g/mol. The van der Waals surface area contributed by atoms with Crippen molar-refractivity contribution in [1.29, 1.82) is 0 Å². The third kappa shape index (κ3) is 2.99. The molecule has 0 saturated heterocycles. The zero-order valence-corrected chi connectivity index (χ0v) is 13.2. The summed E-state index contributed by atoms with van der Waals surface area (Å²) in [5.41, 5.74) is 3.63. The van der Waals surface area contributed by atoms with Crippen molar-refractivity contribution < 1.29 is 0 Å². The molecule has 0 saturated carbocycles. The topological polar surface area (TPSA) is 24.9 Å². The summed E-state index contributed by atoms with van der Waals surface area (Å²) in [4.78, 5) is 4.65. The van der Waals surface area contributed by atoms with Gasteiger partial charge in [-0.1, -0.05) is 38.1 Å². The van der Waals surface area contributed by atoms with Crippen LogP contribution in [0.2, 0.25) is 0 Å². The lowest BCUT2D eigenvalue weighted by Gasteiger charge is -2.05. The molecule has 96 valence electrons. The number of halogens is 1. The molecule has 0 amide bonds. The van der Waals surface area contributed by atoms with E-state index in [-0.39, 0.29) is 0 Å². The molecule has 4 heteroatoms. The molecule has 0 bridgehead atoms. The van der Waals surface area contributed by atoms with E-state index in [9.17, 15) is 0 Å². The second-order valence-corrected chi connectivity index (χ2v) is 6.86. The third-order valence-electron chi connectivity index (χ3n) is 2.82. The van der Waals surface area contributed by atoms with Crippen molar-refractivity contribution in [3.63, 3.8) is 0 Å². The molecular weight excluding hydrogens is 308 g/mol. The fourth-order valence-corrected chi connectivity index (χ4v) is 3.25. The van der Waals surface area contributed by atoms with Gasteiger partial charge in [0.25, 0.3) is 0 Å². The van der Waals surface area contributed by atoms with E-state index in [1.54, 1.807) is 11.3 Å². The molecule has 1 aromatic carbocycles. The summed E-state index contributed by atoms with van der Waals surface area (Å²) in [5, 5.41) is 4.20. The van der Waals surface area contributed by atoms with Crippen LogP contribution >= 0.6 is 27.3 Å². The first-order valence-electron chi connectivity index (χ1n) is 6.02. The molecule has 18 heavy (non-hydrogen) atoms. The van der Waals surface area contributed by atoms with E-state index in [1.165, 1.54) is 11.1 Å². The maximum Gasteiger partial charge on any atom is 0.124 e. The van der Waals surface area contributed by atoms with Gasteiger partial charge < -0.3 is 5.32 Å². The van der Waals surface area contributed by atoms with Crippen LogP contribution in [0.15, 0.2) is 28.1 Å². The fraction of sp³-hybridized carbons (Fsp3) is 0.357. The summed E-state index contributed by atoms with van der Waals surface area (Å²) in [5.74, 6) is 0.571. The molecule has 2 rings (SSSR count). The number of hydrogen-bond donors (Lipinski definition) is 1. The molecule has 0 aliphatic carbocycles. The van der Waals surface area contributed by atoms with Crippen LogP contribution in [0.4, 0.5) is 0 Å². The smallest absolute Gasteiger partial charge is 0.124 e. The van der Waals surface area contributed by atoms with Crippen LogP contribution in [0.5, 0.6) is 0 Å². The number of benzene rings is 1. The van der Waals surface area contributed by atoms with E-state index < -0.39 is 0 Å². The normalized spacial score (nSPS) is 11.2. The highest BCUT2D eigenvalue weighted by Crippen LogP contribution is 2.32. The van der Waals surface area contributed by atoms with Gasteiger partial charge in [-0.25, -0.2) is 4.98 Å². The lowest BCUT2D eigenvalue weighted by molar-refractivity contribution is 0.795. The third-order valence-corrected chi connectivity index (χ3v) is 4.70. The minimum Gasteiger partial charge on any atom is -0.314 e. The van der Waals surface area contributed by atoms with Crippen molar-refractivity contribution in [2.75, 3.05) is 7.05 Å². The quantitative estimate of drug-likeness (QED) is 0.900. The van der Waals surface area contributed by atoms with Gasteiger partial charge in [0.15, 0.2) is 0 Å². The van der Waals surface area contributed by atoms with Crippen LogP contribution in [0.3, 0.4) is 0 Å². The molecule has 2 nitrogen and oxygen atoms in total. The highest BCUT2D eigenvalue weighted by Gasteiger charge is 2.10. The predicted octanol–water partition coefficient (Wildman–Crippen LogP) is 4.42. The zero-order chi connectivity index (χ0) is 13.1. The summed E-state index contributed by atoms with van der Waals surface area (Å²) < 4.78 is 1.11. The Labute approximate surface area is 121 Å². The van der Waals surface area contributed by atoms with E-state index in [0.29, 0.717) is 5.92 Å². The number of aromatic nitrogens is 1. The standard InChI is InChI=1S/C14H17BrN2S/c1-9(2)10-4-6-11(7-5-10)14-17-12(8-16-3)13(15)18-14/h4-7,9,16H,8H2,1-3H3. The van der Waals surface area contributed by atoms with Gasteiger partial charge in [-0.15, -0.1) is 11.3 Å². The first-order valence-corrected chi connectivity index (χ1v) is 7.63. The van der Waals surface area contributed by atoms with Crippen molar-refractivity contribution in [3.05, 3.63) is 39.3 Å². The molecule has 2 aromatic rings. The minimum absolute atomic E-state index is 0.571. The van der Waals surface area contributed by atoms with Crippen LogP contribution in [0, 0.1) is 0 Å². The lowest BCUT2D eigenvalue weighted by Crippen LogP contribution is -2.05. The van der Waals surface area contributed by atoms with Crippen molar-refractivity contribution >= 4 is 27.3 Å². The van der Waals surface area contributed by atoms with Crippen LogP contribution in [-0.4, -0.2) is 12.0 Å². The lowest BCUT2D eigenvalue weighted by atomic mass is 10.0. The van der Waals surface area contributed by atoms with Crippen molar-refractivity contribution in [3.8, 4) is 10.6 Å². The average Bonchev–Trinajstić information content (AvgIpc) is 2.72. The Hall–Kier alpha value is -0.710. The highest BCUT2D eigenvalue weighted by molar-refractivity contribution is 9.11. The van der Waals surface area contributed by atoms with E-state index >= 15 is 0 Å². The molecule has 0 radical (unpaired) electrons. The Bertz CT molecular complexity index is 517. The van der Waals surface area contributed by atoms with Crippen molar-refractivity contribution in [1.82, 2.24) is 10.3 Å². The Kier molecular flexibility index (Phi) is 4.54. The molecule has 0 spiro atoms. The average molecular weight is 325 g/mol. The molecular formula is C14H17BrN2S. The van der Waals surface area contributed by atoms with Gasteiger partial charge in [-0.05, 0) is 34.5 Å². The molecule has 0 aliphatic rings. The summed E-state index contributed by atoms with van der Waals surface area (Å²) >= 11 is 5.26. The predicted molar refractivity (Wildman–Crippen MR) is 82.1 cm³/mol. The Morgan fingerprint density at radius 3 is 2.50 bits per heavy atom. The van der Waals surface area contributed by atoms with Crippen LogP contribution in [-0.2, 0) is 6.54 Å². The zero-order valence-electron chi connectivity index (χ0n) is 10.8. The number of hydrogen-bond acceptors (Lipinski definition) is 3. The summed E-state index contributed by atoms with van der Waals surface area (Å²) in [6, 6.07) is 8.69. The van der Waals surface area contributed by atoms with Gasteiger partial charge in [0.2, 0.25) is 0 Å². The first-order chi connectivity index (χ1) is 8.61. The number of nitrogens with one attached hydrogen (secondary N) is 1. The van der Waals surface area contributed by atoms with E-state index in [0.717, 1.165) is 21.0 Å². The van der Waals surface area contributed by atoms with Gasteiger partial charge in [-0.2, -0.15) is 0 Å². The van der Waals surface area contributed by atoms with Gasteiger partial charge in [-0.3, -0.25) is 0 Å². The van der Waals surface area contributed by atoms with Gasteiger partial charge in [0.1, 0.15) is 5.01 Å². The first kappa shape index (κ1) is 13.7. The summed E-state index contributed by atoms with van der Waals surface area (Å²) in [6.45, 7) is 5.21. The molecule has 1 aromatic heterocycles. The van der Waals surface area contributed by atoms with E-state index in [1.807, 2.05) is 7.05 Å². The van der Waals surface area contributed by atoms with Gasteiger partial charge in [0.05, 0.1) is 9.48 Å². The summed E-state index contributed by atoms with van der Waals surface area (Å²) in [6.07, 6.45) is 0. The molecule has 0 fully saturated rings. The van der Waals surface area contributed by atoms with E-state index in [2.05, 4.69) is 64.3 Å². The second kappa shape index (κ2) is 5.95. The number of thiazole rings is 1. The Morgan fingerprint density at radius 1 is 1.28 bits per heavy atom. The van der Waals surface area contributed by atoms with Gasteiger partial charge >= 0.3 is 0 Å². The molecule has 1 N–H and O–H groups in total. The van der Waals surface area contributed by atoms with Gasteiger partial charge in [0, 0.05) is 12.1 Å². The minimum atomic E-state index is 0.571. The fourth-order valence-electron chi connectivity index (χ4n) is 1.74. The molecule has 1 heterocycles. The second-order valence-electron chi connectivity index (χ2n) is 4.55. The maximum absolute atomic E-state index is 4.65. The largest absolute Gasteiger partial charge is 0.314 e. The Balaban J connectivity index is 2.28. The molecule has 0 unspecified atom stereocenters.